The van der Waals surface area contributed by atoms with Crippen molar-refractivity contribution < 1.29 is 9.53 Å². The maximum atomic E-state index is 13.4. The molecular formula is C23H27N5O2S. The molecule has 0 bridgehead atoms. The minimum absolute atomic E-state index is 0.0753. The van der Waals surface area contributed by atoms with Gasteiger partial charge in [0.25, 0.3) is 0 Å². The van der Waals surface area contributed by atoms with Crippen LogP contribution in [0.2, 0.25) is 0 Å². The maximum Gasteiger partial charge on any atom is 0.240 e. The van der Waals surface area contributed by atoms with Crippen LogP contribution >= 0.6 is 11.8 Å². The number of carbonyl (C=O) groups excluding carboxylic acids is 1. The molecule has 0 fully saturated rings. The Morgan fingerprint density at radius 1 is 1.13 bits per heavy atom. The van der Waals surface area contributed by atoms with E-state index in [9.17, 15) is 4.79 Å². The molecule has 0 saturated heterocycles. The average Bonchev–Trinajstić information content (AvgIpc) is 3.15. The first-order valence-corrected chi connectivity index (χ1v) is 11.4. The van der Waals surface area contributed by atoms with Crippen LogP contribution < -0.4 is 15.5 Å². The number of anilines is 1. The SMILES string of the molecule is CCOc1ccc([C@@H]2Nn3c(CC)nnc3S[C@H]2C(=O)Nc2cc(C)cc(C)c2)cc1. The van der Waals surface area contributed by atoms with Gasteiger partial charge in [0, 0.05) is 12.1 Å². The highest BCUT2D eigenvalue weighted by Gasteiger charge is 2.37. The predicted octanol–water partition coefficient (Wildman–Crippen LogP) is 4.25. The Kier molecular flexibility index (Phi) is 6.18. The molecule has 3 aromatic rings. The zero-order valence-electron chi connectivity index (χ0n) is 18.2. The minimum Gasteiger partial charge on any atom is -0.494 e. The second-order valence-electron chi connectivity index (χ2n) is 7.60. The van der Waals surface area contributed by atoms with Crippen LogP contribution in [0.15, 0.2) is 47.6 Å². The van der Waals surface area contributed by atoms with Gasteiger partial charge < -0.3 is 15.5 Å². The number of aryl methyl sites for hydroxylation is 3. The summed E-state index contributed by atoms with van der Waals surface area (Å²) in [7, 11) is 0. The molecule has 2 heterocycles. The Morgan fingerprint density at radius 2 is 1.84 bits per heavy atom. The van der Waals surface area contributed by atoms with Crippen molar-refractivity contribution in [3.05, 3.63) is 65.0 Å². The number of hydrogen-bond acceptors (Lipinski definition) is 6. The molecular weight excluding hydrogens is 410 g/mol. The van der Waals surface area contributed by atoms with Gasteiger partial charge in [0.15, 0.2) is 5.82 Å². The number of rotatable bonds is 6. The smallest absolute Gasteiger partial charge is 0.240 e. The van der Waals surface area contributed by atoms with Crippen molar-refractivity contribution >= 4 is 23.4 Å². The van der Waals surface area contributed by atoms with Gasteiger partial charge in [-0.25, -0.2) is 4.68 Å². The molecule has 0 saturated carbocycles. The van der Waals surface area contributed by atoms with Crippen LogP contribution in [0, 0.1) is 13.8 Å². The average molecular weight is 438 g/mol. The molecule has 0 aliphatic carbocycles. The van der Waals surface area contributed by atoms with Crippen LogP contribution in [0.3, 0.4) is 0 Å². The summed E-state index contributed by atoms with van der Waals surface area (Å²) in [6, 6.07) is 13.7. The van der Waals surface area contributed by atoms with Crippen molar-refractivity contribution in [3.8, 4) is 5.75 Å². The highest BCUT2D eigenvalue weighted by atomic mass is 32.2. The van der Waals surface area contributed by atoms with E-state index >= 15 is 0 Å². The van der Waals surface area contributed by atoms with E-state index in [0.717, 1.165) is 40.4 Å². The Hall–Kier alpha value is -3.00. The number of hydrogen-bond donors (Lipinski definition) is 2. The van der Waals surface area contributed by atoms with Crippen molar-refractivity contribution in [2.75, 3.05) is 17.3 Å². The Balaban J connectivity index is 1.65. The third kappa shape index (κ3) is 4.54. The number of benzene rings is 2. The summed E-state index contributed by atoms with van der Waals surface area (Å²) in [4.78, 5) is 13.4. The molecule has 1 aliphatic rings. The van der Waals surface area contributed by atoms with E-state index in [1.807, 2.05) is 68.8 Å². The number of nitrogens with zero attached hydrogens (tertiary/aromatic N) is 3. The molecule has 31 heavy (non-hydrogen) atoms. The predicted molar refractivity (Wildman–Crippen MR) is 123 cm³/mol. The molecule has 1 aliphatic heterocycles. The van der Waals surface area contributed by atoms with Gasteiger partial charge in [0.1, 0.15) is 11.0 Å². The second-order valence-corrected chi connectivity index (χ2v) is 8.71. The Morgan fingerprint density at radius 3 is 2.48 bits per heavy atom. The summed E-state index contributed by atoms with van der Waals surface area (Å²) in [5.74, 6) is 1.57. The van der Waals surface area contributed by atoms with Crippen molar-refractivity contribution in [3.63, 3.8) is 0 Å². The largest absolute Gasteiger partial charge is 0.494 e. The molecule has 2 atom stereocenters. The lowest BCUT2D eigenvalue weighted by molar-refractivity contribution is -0.116. The highest BCUT2D eigenvalue weighted by molar-refractivity contribution is 8.00. The van der Waals surface area contributed by atoms with Gasteiger partial charge in [-0.15, -0.1) is 10.2 Å². The van der Waals surface area contributed by atoms with Gasteiger partial charge >= 0.3 is 0 Å². The van der Waals surface area contributed by atoms with Crippen molar-refractivity contribution in [2.45, 2.75) is 50.6 Å². The number of carbonyl (C=O) groups is 1. The van der Waals surface area contributed by atoms with Crippen LogP contribution in [0.5, 0.6) is 5.75 Å². The van der Waals surface area contributed by atoms with Crippen molar-refractivity contribution in [2.24, 2.45) is 0 Å². The van der Waals surface area contributed by atoms with Gasteiger partial charge in [-0.05, 0) is 61.7 Å². The first-order chi connectivity index (χ1) is 15.0. The maximum absolute atomic E-state index is 13.4. The van der Waals surface area contributed by atoms with Crippen LogP contribution in [0.25, 0.3) is 0 Å². The van der Waals surface area contributed by atoms with Gasteiger partial charge in [-0.3, -0.25) is 4.79 Å². The lowest BCUT2D eigenvalue weighted by atomic mass is 10.0. The van der Waals surface area contributed by atoms with E-state index in [1.54, 1.807) is 0 Å². The van der Waals surface area contributed by atoms with E-state index in [4.69, 9.17) is 4.74 Å². The van der Waals surface area contributed by atoms with E-state index in [2.05, 4.69) is 27.0 Å². The molecule has 0 spiro atoms. The summed E-state index contributed by atoms with van der Waals surface area (Å²) < 4.78 is 7.47. The molecule has 162 valence electrons. The number of thioether (sulfide) groups is 1. The molecule has 4 rings (SSSR count). The van der Waals surface area contributed by atoms with Crippen LogP contribution in [0.4, 0.5) is 5.69 Å². The normalized spacial score (nSPS) is 17.5. The van der Waals surface area contributed by atoms with E-state index in [1.165, 1.54) is 11.8 Å². The summed E-state index contributed by atoms with van der Waals surface area (Å²) in [5, 5.41) is 11.9. The van der Waals surface area contributed by atoms with Crippen LogP contribution in [-0.4, -0.2) is 32.6 Å². The summed E-state index contributed by atoms with van der Waals surface area (Å²) in [6.45, 7) is 8.66. The zero-order valence-corrected chi connectivity index (χ0v) is 19.0. The lowest BCUT2D eigenvalue weighted by Crippen LogP contribution is -2.41. The van der Waals surface area contributed by atoms with E-state index < -0.39 is 5.25 Å². The fourth-order valence-electron chi connectivity index (χ4n) is 3.78. The zero-order chi connectivity index (χ0) is 22.0. The third-order valence-electron chi connectivity index (χ3n) is 5.12. The number of aromatic nitrogens is 3. The molecule has 2 aromatic carbocycles. The van der Waals surface area contributed by atoms with Gasteiger partial charge in [-0.2, -0.15) is 0 Å². The number of amides is 1. The minimum atomic E-state index is -0.417. The van der Waals surface area contributed by atoms with E-state index in [0.29, 0.717) is 11.8 Å². The van der Waals surface area contributed by atoms with E-state index in [-0.39, 0.29) is 11.9 Å². The first kappa shape index (κ1) is 21.2. The molecule has 8 heteroatoms. The van der Waals surface area contributed by atoms with Gasteiger partial charge in [0.2, 0.25) is 11.1 Å². The second kappa shape index (κ2) is 9.01. The van der Waals surface area contributed by atoms with Crippen molar-refractivity contribution in [1.29, 1.82) is 0 Å². The molecule has 7 nitrogen and oxygen atoms in total. The molecule has 1 aromatic heterocycles. The lowest BCUT2D eigenvalue weighted by Gasteiger charge is -2.33. The van der Waals surface area contributed by atoms with Crippen molar-refractivity contribution in [1.82, 2.24) is 14.9 Å². The van der Waals surface area contributed by atoms with Crippen LogP contribution in [-0.2, 0) is 11.2 Å². The molecule has 0 radical (unpaired) electrons. The van der Waals surface area contributed by atoms with Gasteiger partial charge in [0.05, 0.1) is 12.6 Å². The quantitative estimate of drug-likeness (QED) is 0.600. The fourth-order valence-corrected chi connectivity index (χ4v) is 4.87. The number of fused-ring (bicyclic) bond motifs is 1. The van der Waals surface area contributed by atoms with Crippen LogP contribution in [0.1, 0.15) is 42.4 Å². The Labute approximate surface area is 186 Å². The topological polar surface area (TPSA) is 81.1 Å². The molecule has 0 unspecified atom stereocenters. The number of nitrogens with one attached hydrogen (secondary N) is 2. The fraction of sp³-hybridized carbons (Fsp3) is 0.348. The number of ether oxygens (including phenoxy) is 1. The first-order valence-electron chi connectivity index (χ1n) is 10.5. The summed E-state index contributed by atoms with van der Waals surface area (Å²) in [5.41, 5.74) is 7.49. The molecule has 2 N–H and O–H groups in total. The highest BCUT2D eigenvalue weighted by Crippen LogP contribution is 2.38. The van der Waals surface area contributed by atoms with Gasteiger partial charge in [-0.1, -0.05) is 36.9 Å². The third-order valence-corrected chi connectivity index (χ3v) is 6.33. The Bertz CT molecular complexity index is 1060. The summed E-state index contributed by atoms with van der Waals surface area (Å²) >= 11 is 1.43. The molecule has 1 amide bonds. The monoisotopic (exact) mass is 437 g/mol. The summed E-state index contributed by atoms with van der Waals surface area (Å²) in [6.07, 6.45) is 0.746. The standard InChI is InChI=1S/C23H27N5O2S/c1-5-19-25-26-23-28(19)27-20(16-7-9-18(10-8-16)30-6-2)21(31-23)22(29)24-17-12-14(3)11-15(4)13-17/h7-13,20-21,27H,5-6H2,1-4H3,(H,24,29)/t20-,21+/m0/s1.